The van der Waals surface area contributed by atoms with Crippen LogP contribution in [0.3, 0.4) is 0 Å². The maximum absolute atomic E-state index is 13.0. The highest BCUT2D eigenvalue weighted by Gasteiger charge is 2.29. The lowest BCUT2D eigenvalue weighted by molar-refractivity contribution is -0.114. The summed E-state index contributed by atoms with van der Waals surface area (Å²) in [5, 5.41) is 5.94. The molecule has 1 aromatic heterocycles. The molecule has 0 saturated heterocycles. The highest BCUT2D eigenvalue weighted by atomic mass is 127. The number of hydrogen-bond donors (Lipinski definition) is 0. The molecule has 0 unspecified atom stereocenters. The third-order valence-electron chi connectivity index (χ3n) is 4.90. The molecule has 0 atom stereocenters. The summed E-state index contributed by atoms with van der Waals surface area (Å²) in [7, 11) is 0. The Bertz CT molecular complexity index is 1130. The SMILES string of the molecule is CC1=NN(c2ccccc2)C(=O)/C1=C\c1cc(C)n(-c2cccc(I)c2)c1C. The van der Waals surface area contributed by atoms with Gasteiger partial charge in [-0.25, -0.2) is 0 Å². The maximum atomic E-state index is 13.0. The summed E-state index contributed by atoms with van der Waals surface area (Å²) in [5.74, 6) is -0.0947. The molecular weight excluding hydrogens is 461 g/mol. The van der Waals surface area contributed by atoms with E-state index in [1.807, 2.05) is 43.3 Å². The first-order valence-corrected chi connectivity index (χ1v) is 10.2. The van der Waals surface area contributed by atoms with E-state index in [2.05, 4.69) is 76.4 Å². The number of carbonyl (C=O) groups is 1. The van der Waals surface area contributed by atoms with Gasteiger partial charge in [0.05, 0.1) is 17.0 Å². The molecule has 4 rings (SSSR count). The van der Waals surface area contributed by atoms with E-state index in [-0.39, 0.29) is 5.91 Å². The number of rotatable bonds is 3. The molecule has 4 nitrogen and oxygen atoms in total. The summed E-state index contributed by atoms with van der Waals surface area (Å²) < 4.78 is 3.41. The van der Waals surface area contributed by atoms with Crippen LogP contribution >= 0.6 is 22.6 Å². The Hall–Kier alpha value is -2.67. The third kappa shape index (κ3) is 3.30. The van der Waals surface area contributed by atoms with Gasteiger partial charge in [0, 0.05) is 20.6 Å². The molecule has 140 valence electrons. The van der Waals surface area contributed by atoms with Gasteiger partial charge in [-0.1, -0.05) is 24.3 Å². The molecule has 0 spiro atoms. The molecule has 2 heterocycles. The molecule has 5 heteroatoms. The van der Waals surface area contributed by atoms with Gasteiger partial charge in [0.2, 0.25) is 0 Å². The van der Waals surface area contributed by atoms with Gasteiger partial charge in [-0.15, -0.1) is 0 Å². The van der Waals surface area contributed by atoms with Crippen LogP contribution in [-0.4, -0.2) is 16.2 Å². The van der Waals surface area contributed by atoms with Crippen molar-refractivity contribution in [3.8, 4) is 5.69 Å². The van der Waals surface area contributed by atoms with Gasteiger partial charge in [0.1, 0.15) is 0 Å². The van der Waals surface area contributed by atoms with Crippen molar-refractivity contribution >= 4 is 46.0 Å². The highest BCUT2D eigenvalue weighted by Crippen LogP contribution is 2.28. The zero-order valence-corrected chi connectivity index (χ0v) is 18.1. The van der Waals surface area contributed by atoms with Crippen LogP contribution in [0.25, 0.3) is 11.8 Å². The third-order valence-corrected chi connectivity index (χ3v) is 5.57. The number of nitrogens with zero attached hydrogens (tertiary/aromatic N) is 3. The molecule has 0 fully saturated rings. The minimum absolute atomic E-state index is 0.0947. The number of benzene rings is 2. The van der Waals surface area contributed by atoms with Gasteiger partial charge in [-0.2, -0.15) is 10.1 Å². The van der Waals surface area contributed by atoms with Crippen LogP contribution in [0.4, 0.5) is 5.69 Å². The molecule has 3 aromatic rings. The zero-order chi connectivity index (χ0) is 19.8. The lowest BCUT2D eigenvalue weighted by atomic mass is 10.1. The standard InChI is InChI=1S/C23H20IN3O/c1-15-12-18(17(3)26(15)21-11-7-8-19(24)14-21)13-22-16(2)25-27(23(22)28)20-9-5-4-6-10-20/h4-14H,1-3H3/b22-13-. The normalized spacial score (nSPS) is 15.4. The maximum Gasteiger partial charge on any atom is 0.280 e. The summed E-state index contributed by atoms with van der Waals surface area (Å²) in [6.07, 6.45) is 1.96. The van der Waals surface area contributed by atoms with Crippen LogP contribution in [-0.2, 0) is 4.79 Å². The molecule has 0 saturated carbocycles. The molecule has 0 aliphatic carbocycles. The van der Waals surface area contributed by atoms with Crippen LogP contribution in [0.2, 0.25) is 0 Å². The first-order valence-electron chi connectivity index (χ1n) is 9.07. The fraction of sp³-hybridized carbons (Fsp3) is 0.130. The average molecular weight is 481 g/mol. The van der Waals surface area contributed by atoms with Crippen molar-refractivity contribution in [1.29, 1.82) is 0 Å². The van der Waals surface area contributed by atoms with Crippen molar-refractivity contribution in [2.75, 3.05) is 5.01 Å². The van der Waals surface area contributed by atoms with E-state index in [9.17, 15) is 4.79 Å². The topological polar surface area (TPSA) is 37.6 Å². The molecular formula is C23H20IN3O. The minimum atomic E-state index is -0.0947. The number of amides is 1. The second-order valence-electron chi connectivity index (χ2n) is 6.84. The lowest BCUT2D eigenvalue weighted by Crippen LogP contribution is -2.21. The summed E-state index contributed by atoms with van der Waals surface area (Å²) in [6.45, 7) is 6.05. The van der Waals surface area contributed by atoms with Crippen LogP contribution < -0.4 is 5.01 Å². The Labute approximate surface area is 178 Å². The number of para-hydroxylation sites is 1. The van der Waals surface area contributed by atoms with Crippen molar-refractivity contribution in [1.82, 2.24) is 4.57 Å². The van der Waals surface area contributed by atoms with Gasteiger partial charge in [0.15, 0.2) is 0 Å². The first kappa shape index (κ1) is 18.7. The molecule has 1 aliphatic rings. The van der Waals surface area contributed by atoms with Gasteiger partial charge in [0.25, 0.3) is 5.91 Å². The van der Waals surface area contributed by atoms with E-state index >= 15 is 0 Å². The van der Waals surface area contributed by atoms with E-state index in [0.29, 0.717) is 5.57 Å². The molecule has 1 aliphatic heterocycles. The first-order chi connectivity index (χ1) is 13.5. The summed E-state index contributed by atoms with van der Waals surface area (Å²) in [6, 6.07) is 20.0. The number of aromatic nitrogens is 1. The van der Waals surface area contributed by atoms with Crippen molar-refractivity contribution in [3.05, 3.63) is 86.8 Å². The monoisotopic (exact) mass is 481 g/mol. The number of aryl methyl sites for hydroxylation is 1. The second-order valence-corrected chi connectivity index (χ2v) is 8.08. The minimum Gasteiger partial charge on any atom is -0.318 e. The van der Waals surface area contributed by atoms with Gasteiger partial charge in [-0.3, -0.25) is 4.79 Å². The van der Waals surface area contributed by atoms with Crippen molar-refractivity contribution in [2.45, 2.75) is 20.8 Å². The summed E-state index contributed by atoms with van der Waals surface area (Å²) in [5.41, 5.74) is 6.53. The zero-order valence-electron chi connectivity index (χ0n) is 16.0. The molecule has 28 heavy (non-hydrogen) atoms. The Balaban J connectivity index is 1.73. The molecule has 0 N–H and O–H groups in total. The second kappa shape index (κ2) is 7.39. The molecule has 0 bridgehead atoms. The molecule has 2 aromatic carbocycles. The summed E-state index contributed by atoms with van der Waals surface area (Å²) in [4.78, 5) is 13.0. The van der Waals surface area contributed by atoms with Crippen molar-refractivity contribution in [2.24, 2.45) is 5.10 Å². The van der Waals surface area contributed by atoms with E-state index in [1.54, 1.807) is 0 Å². The number of hydrogen-bond acceptors (Lipinski definition) is 2. The predicted molar refractivity (Wildman–Crippen MR) is 123 cm³/mol. The fourth-order valence-electron chi connectivity index (χ4n) is 3.53. The van der Waals surface area contributed by atoms with Gasteiger partial charge >= 0.3 is 0 Å². The van der Waals surface area contributed by atoms with E-state index in [1.165, 1.54) is 8.58 Å². The predicted octanol–water partition coefficient (Wildman–Crippen LogP) is 5.50. The Kier molecular flexibility index (Phi) is 4.93. The van der Waals surface area contributed by atoms with Gasteiger partial charge < -0.3 is 4.57 Å². The Morgan fingerprint density at radius 2 is 1.64 bits per heavy atom. The quantitative estimate of drug-likeness (QED) is 0.360. The lowest BCUT2D eigenvalue weighted by Gasteiger charge is -2.11. The Morgan fingerprint density at radius 3 is 2.36 bits per heavy atom. The Morgan fingerprint density at radius 1 is 0.929 bits per heavy atom. The number of carbonyl (C=O) groups excluding carboxylic acids is 1. The van der Waals surface area contributed by atoms with Crippen LogP contribution in [0.1, 0.15) is 23.9 Å². The number of hydrazone groups is 1. The molecule has 0 radical (unpaired) electrons. The van der Waals surface area contributed by atoms with E-state index in [0.717, 1.165) is 34.0 Å². The van der Waals surface area contributed by atoms with Crippen molar-refractivity contribution < 1.29 is 4.79 Å². The van der Waals surface area contributed by atoms with Crippen LogP contribution in [0.5, 0.6) is 0 Å². The molecule has 1 amide bonds. The van der Waals surface area contributed by atoms with Crippen LogP contribution in [0, 0.1) is 17.4 Å². The van der Waals surface area contributed by atoms with Crippen molar-refractivity contribution in [3.63, 3.8) is 0 Å². The fourth-order valence-corrected chi connectivity index (χ4v) is 4.06. The van der Waals surface area contributed by atoms with E-state index < -0.39 is 0 Å². The summed E-state index contributed by atoms with van der Waals surface area (Å²) >= 11 is 2.32. The number of anilines is 1. The number of halogens is 1. The largest absolute Gasteiger partial charge is 0.318 e. The van der Waals surface area contributed by atoms with Gasteiger partial charge in [-0.05, 0) is 91.4 Å². The average Bonchev–Trinajstić information content (AvgIpc) is 3.12. The van der Waals surface area contributed by atoms with Crippen LogP contribution in [0.15, 0.2) is 71.3 Å². The van der Waals surface area contributed by atoms with E-state index in [4.69, 9.17) is 0 Å². The smallest absolute Gasteiger partial charge is 0.280 e. The highest BCUT2D eigenvalue weighted by molar-refractivity contribution is 14.1.